The van der Waals surface area contributed by atoms with Crippen LogP contribution in [0.4, 0.5) is 23.7 Å². The Morgan fingerprint density at radius 1 is 1.36 bits per heavy atom. The summed E-state index contributed by atoms with van der Waals surface area (Å²) < 4.78 is 37.8. The summed E-state index contributed by atoms with van der Waals surface area (Å²) in [6, 6.07) is 2.35. The molecule has 1 saturated heterocycles. The number of alkyl halides is 3. The van der Waals surface area contributed by atoms with Gasteiger partial charge in [0.05, 0.1) is 17.2 Å². The van der Waals surface area contributed by atoms with Crippen molar-refractivity contribution in [3.05, 3.63) is 28.2 Å². The molecule has 2 amide bonds. The van der Waals surface area contributed by atoms with Crippen LogP contribution in [0.5, 0.6) is 0 Å². The summed E-state index contributed by atoms with van der Waals surface area (Å²) in [6.07, 6.45) is -4.11. The molecule has 1 aromatic carbocycles. The summed E-state index contributed by atoms with van der Waals surface area (Å²) in [5.74, 6) is -1.58. The SMILES string of the molecule is O=C(O)C1CCN(C(=O)Nc2ccc(C(F)(F)F)cc2Br)C1. The molecule has 1 aliphatic heterocycles. The largest absolute Gasteiger partial charge is 0.481 e. The van der Waals surface area contributed by atoms with Crippen molar-refractivity contribution in [2.75, 3.05) is 18.4 Å². The van der Waals surface area contributed by atoms with Gasteiger partial charge in [0.1, 0.15) is 0 Å². The van der Waals surface area contributed by atoms with E-state index in [-0.39, 0.29) is 16.7 Å². The molecule has 22 heavy (non-hydrogen) atoms. The van der Waals surface area contributed by atoms with Gasteiger partial charge in [-0.25, -0.2) is 4.79 Å². The number of anilines is 1. The zero-order valence-corrected chi connectivity index (χ0v) is 12.7. The third-order valence-electron chi connectivity index (χ3n) is 3.36. The van der Waals surface area contributed by atoms with E-state index in [0.717, 1.165) is 18.2 Å². The van der Waals surface area contributed by atoms with Crippen LogP contribution in [0, 0.1) is 5.92 Å². The molecule has 0 saturated carbocycles. The molecule has 0 radical (unpaired) electrons. The molecule has 0 aromatic heterocycles. The number of amides is 2. The lowest BCUT2D eigenvalue weighted by atomic mass is 10.1. The highest BCUT2D eigenvalue weighted by molar-refractivity contribution is 9.10. The molecule has 1 fully saturated rings. The summed E-state index contributed by atoms with van der Waals surface area (Å²) in [5, 5.41) is 11.4. The highest BCUT2D eigenvalue weighted by Gasteiger charge is 2.32. The van der Waals surface area contributed by atoms with Crippen LogP contribution in [0.1, 0.15) is 12.0 Å². The van der Waals surface area contributed by atoms with Gasteiger partial charge in [0, 0.05) is 17.6 Å². The van der Waals surface area contributed by atoms with Crippen molar-refractivity contribution >= 4 is 33.6 Å². The van der Waals surface area contributed by atoms with Crippen LogP contribution in [0.2, 0.25) is 0 Å². The Kier molecular flexibility index (Phi) is 4.64. The number of halogens is 4. The maximum Gasteiger partial charge on any atom is 0.416 e. The summed E-state index contributed by atoms with van der Waals surface area (Å²) >= 11 is 2.98. The number of likely N-dealkylation sites (tertiary alicyclic amines) is 1. The Labute approximate surface area is 132 Å². The smallest absolute Gasteiger partial charge is 0.416 e. The van der Waals surface area contributed by atoms with E-state index in [4.69, 9.17) is 5.11 Å². The minimum Gasteiger partial charge on any atom is -0.481 e. The Balaban J connectivity index is 2.05. The van der Waals surface area contributed by atoms with Gasteiger partial charge in [-0.1, -0.05) is 0 Å². The lowest BCUT2D eigenvalue weighted by molar-refractivity contribution is -0.141. The van der Waals surface area contributed by atoms with Gasteiger partial charge in [-0.05, 0) is 40.5 Å². The fourth-order valence-electron chi connectivity index (χ4n) is 2.13. The number of carbonyl (C=O) groups excluding carboxylic acids is 1. The molecule has 0 spiro atoms. The number of carbonyl (C=O) groups is 2. The van der Waals surface area contributed by atoms with Crippen LogP contribution in [0.25, 0.3) is 0 Å². The topological polar surface area (TPSA) is 69.6 Å². The van der Waals surface area contributed by atoms with Gasteiger partial charge < -0.3 is 15.3 Å². The van der Waals surface area contributed by atoms with Gasteiger partial charge in [0.15, 0.2) is 0 Å². The standard InChI is InChI=1S/C13H12BrF3N2O3/c14-9-5-8(13(15,16)17)1-2-10(9)18-12(22)19-4-3-7(6-19)11(20)21/h1-2,5,7H,3-4,6H2,(H,18,22)(H,20,21). The molecule has 2 N–H and O–H groups in total. The van der Waals surface area contributed by atoms with Crippen molar-refractivity contribution in [3.63, 3.8) is 0 Å². The van der Waals surface area contributed by atoms with Crippen molar-refractivity contribution in [2.24, 2.45) is 5.92 Å². The number of urea groups is 1. The molecular weight excluding hydrogens is 369 g/mol. The fraction of sp³-hybridized carbons (Fsp3) is 0.385. The molecule has 1 unspecified atom stereocenters. The summed E-state index contributed by atoms with van der Waals surface area (Å²) in [5.41, 5.74) is -0.638. The van der Waals surface area contributed by atoms with Crippen LogP contribution < -0.4 is 5.32 Å². The van der Waals surface area contributed by atoms with Crippen molar-refractivity contribution in [2.45, 2.75) is 12.6 Å². The van der Waals surface area contributed by atoms with E-state index in [2.05, 4.69) is 21.2 Å². The average Bonchev–Trinajstić information content (AvgIpc) is 2.89. The van der Waals surface area contributed by atoms with Gasteiger partial charge >= 0.3 is 18.2 Å². The number of hydrogen-bond donors (Lipinski definition) is 2. The van der Waals surface area contributed by atoms with Gasteiger partial charge in [0.2, 0.25) is 0 Å². The first-order valence-electron chi connectivity index (χ1n) is 6.34. The lowest BCUT2D eigenvalue weighted by Crippen LogP contribution is -2.33. The highest BCUT2D eigenvalue weighted by Crippen LogP contribution is 2.34. The minimum absolute atomic E-state index is 0.0828. The van der Waals surface area contributed by atoms with Crippen molar-refractivity contribution in [1.29, 1.82) is 0 Å². The van der Waals surface area contributed by atoms with Gasteiger partial charge in [-0.3, -0.25) is 4.79 Å². The zero-order valence-electron chi connectivity index (χ0n) is 11.2. The number of benzene rings is 1. The molecule has 9 heteroatoms. The Morgan fingerprint density at radius 3 is 2.55 bits per heavy atom. The number of rotatable bonds is 2. The third kappa shape index (κ3) is 3.70. The maximum atomic E-state index is 12.6. The van der Waals surface area contributed by atoms with Crippen LogP contribution in [0.3, 0.4) is 0 Å². The monoisotopic (exact) mass is 380 g/mol. The molecule has 1 atom stereocenters. The normalized spacial score (nSPS) is 18.4. The van der Waals surface area contributed by atoms with E-state index in [0.29, 0.717) is 13.0 Å². The van der Waals surface area contributed by atoms with Crippen molar-refractivity contribution in [1.82, 2.24) is 4.90 Å². The second-order valence-electron chi connectivity index (χ2n) is 4.89. The predicted octanol–water partition coefficient (Wildman–Crippen LogP) is 3.41. The van der Waals surface area contributed by atoms with Crippen molar-refractivity contribution in [3.8, 4) is 0 Å². The van der Waals surface area contributed by atoms with Crippen LogP contribution in [-0.4, -0.2) is 35.1 Å². The predicted molar refractivity (Wildman–Crippen MR) is 75.5 cm³/mol. The van der Waals surface area contributed by atoms with Gasteiger partial charge in [-0.15, -0.1) is 0 Å². The number of carboxylic acid groups (broad SMARTS) is 1. The summed E-state index contributed by atoms with van der Waals surface area (Å²) in [4.78, 5) is 24.2. The molecule has 1 aliphatic rings. The number of nitrogens with one attached hydrogen (secondary N) is 1. The van der Waals surface area contributed by atoms with E-state index < -0.39 is 29.7 Å². The maximum absolute atomic E-state index is 12.6. The van der Waals surface area contributed by atoms with E-state index in [9.17, 15) is 22.8 Å². The highest BCUT2D eigenvalue weighted by atomic mass is 79.9. The molecule has 0 aliphatic carbocycles. The van der Waals surface area contributed by atoms with Crippen LogP contribution >= 0.6 is 15.9 Å². The average molecular weight is 381 g/mol. The zero-order chi connectivity index (χ0) is 16.5. The van der Waals surface area contributed by atoms with E-state index in [1.165, 1.54) is 4.90 Å². The van der Waals surface area contributed by atoms with Gasteiger partial charge in [-0.2, -0.15) is 13.2 Å². The quantitative estimate of drug-likeness (QED) is 0.825. The second-order valence-corrected chi connectivity index (χ2v) is 5.75. The second kappa shape index (κ2) is 6.15. The first kappa shape index (κ1) is 16.6. The summed E-state index contributed by atoms with van der Waals surface area (Å²) in [7, 11) is 0. The van der Waals surface area contributed by atoms with Crippen molar-refractivity contribution < 1.29 is 27.9 Å². The van der Waals surface area contributed by atoms with Crippen LogP contribution in [-0.2, 0) is 11.0 Å². The minimum atomic E-state index is -4.46. The first-order chi connectivity index (χ1) is 10.2. The van der Waals surface area contributed by atoms with E-state index in [1.54, 1.807) is 0 Å². The van der Waals surface area contributed by atoms with E-state index in [1.807, 2.05) is 0 Å². The van der Waals surface area contributed by atoms with Gasteiger partial charge in [0.25, 0.3) is 0 Å². The lowest BCUT2D eigenvalue weighted by Gasteiger charge is -2.18. The Bertz CT molecular complexity index is 607. The Morgan fingerprint density at radius 2 is 2.05 bits per heavy atom. The third-order valence-corrected chi connectivity index (χ3v) is 4.02. The Hall–Kier alpha value is -1.77. The molecule has 2 rings (SSSR count). The summed E-state index contributed by atoms with van der Waals surface area (Å²) in [6.45, 7) is 0.375. The van der Waals surface area contributed by atoms with E-state index >= 15 is 0 Å². The first-order valence-corrected chi connectivity index (χ1v) is 7.13. The number of aliphatic carboxylic acids is 1. The number of hydrogen-bond acceptors (Lipinski definition) is 2. The molecule has 1 aromatic rings. The molecule has 1 heterocycles. The molecule has 0 bridgehead atoms. The number of carboxylic acids is 1. The molecule has 120 valence electrons. The molecule has 5 nitrogen and oxygen atoms in total. The number of nitrogens with zero attached hydrogens (tertiary/aromatic N) is 1. The fourth-order valence-corrected chi connectivity index (χ4v) is 2.61. The van der Waals surface area contributed by atoms with Crippen LogP contribution in [0.15, 0.2) is 22.7 Å². The molecular formula is C13H12BrF3N2O3.